The SMILES string of the molecule is CCNC(=NCc1ccc(O)c(F)c1)N1CCN(CC(=O)N2CC(C)CC(C)C2)CC1. The maximum atomic E-state index is 13.6. The number of rotatable bonds is 5. The van der Waals surface area contributed by atoms with E-state index >= 15 is 0 Å². The van der Waals surface area contributed by atoms with Gasteiger partial charge in [0, 0.05) is 45.8 Å². The molecule has 2 unspecified atom stereocenters. The molecule has 1 aromatic carbocycles. The normalized spacial score (nSPS) is 23.2. The standard InChI is InChI=1S/C23H36FN5O2/c1-4-25-23(26-13-19-5-6-21(30)20(24)12-19)28-9-7-27(8-10-28)16-22(31)29-14-17(2)11-18(3)15-29/h5-6,12,17-18,30H,4,7-11,13-16H2,1-3H3,(H,25,26). The molecule has 3 rings (SSSR count). The maximum absolute atomic E-state index is 13.6. The number of piperidine rings is 1. The van der Waals surface area contributed by atoms with E-state index in [2.05, 4.69) is 34.0 Å². The van der Waals surface area contributed by atoms with Crippen LogP contribution >= 0.6 is 0 Å². The number of amides is 1. The third-order valence-corrected chi connectivity index (χ3v) is 6.01. The van der Waals surface area contributed by atoms with Crippen molar-refractivity contribution in [2.24, 2.45) is 16.8 Å². The molecule has 1 aromatic rings. The van der Waals surface area contributed by atoms with Crippen LogP contribution in [-0.2, 0) is 11.3 Å². The Labute approximate surface area is 184 Å². The minimum absolute atomic E-state index is 0.238. The second-order valence-electron chi connectivity index (χ2n) is 8.96. The summed E-state index contributed by atoms with van der Waals surface area (Å²) in [6.45, 7) is 13.0. The number of phenolic OH excluding ortho intramolecular Hbond substituents is 1. The summed E-state index contributed by atoms with van der Waals surface area (Å²) in [4.78, 5) is 23.9. The molecule has 31 heavy (non-hydrogen) atoms. The predicted molar refractivity (Wildman–Crippen MR) is 120 cm³/mol. The van der Waals surface area contributed by atoms with Gasteiger partial charge >= 0.3 is 0 Å². The fraction of sp³-hybridized carbons (Fsp3) is 0.652. The summed E-state index contributed by atoms with van der Waals surface area (Å²) in [5, 5.41) is 12.6. The molecule has 2 aliphatic heterocycles. The van der Waals surface area contributed by atoms with Crippen molar-refractivity contribution in [1.82, 2.24) is 20.0 Å². The second-order valence-corrected chi connectivity index (χ2v) is 8.96. The summed E-state index contributed by atoms with van der Waals surface area (Å²) in [5.74, 6) is 1.20. The molecule has 0 saturated carbocycles. The van der Waals surface area contributed by atoms with Gasteiger partial charge in [-0.3, -0.25) is 9.69 Å². The van der Waals surface area contributed by atoms with Gasteiger partial charge < -0.3 is 20.2 Å². The van der Waals surface area contributed by atoms with E-state index in [-0.39, 0.29) is 11.7 Å². The number of piperazine rings is 1. The summed E-state index contributed by atoms with van der Waals surface area (Å²) in [5.41, 5.74) is 0.708. The lowest BCUT2D eigenvalue weighted by Crippen LogP contribution is -2.55. The summed E-state index contributed by atoms with van der Waals surface area (Å²) in [6, 6.07) is 4.35. The number of nitrogens with zero attached hydrogens (tertiary/aromatic N) is 4. The lowest BCUT2D eigenvalue weighted by atomic mass is 9.92. The first kappa shape index (κ1) is 23.3. The Morgan fingerprint density at radius 3 is 2.45 bits per heavy atom. The lowest BCUT2D eigenvalue weighted by molar-refractivity contribution is -0.135. The van der Waals surface area contributed by atoms with Gasteiger partial charge in [-0.25, -0.2) is 9.38 Å². The fourth-order valence-electron chi connectivity index (χ4n) is 4.52. The number of phenols is 1. The highest BCUT2D eigenvalue weighted by molar-refractivity contribution is 5.80. The predicted octanol–water partition coefficient (Wildman–Crippen LogP) is 2.12. The molecule has 2 saturated heterocycles. The highest BCUT2D eigenvalue weighted by Crippen LogP contribution is 2.21. The summed E-state index contributed by atoms with van der Waals surface area (Å²) in [7, 11) is 0. The molecular formula is C23H36FN5O2. The molecule has 2 atom stereocenters. The van der Waals surface area contributed by atoms with Gasteiger partial charge in [-0.1, -0.05) is 19.9 Å². The third-order valence-electron chi connectivity index (χ3n) is 6.01. The van der Waals surface area contributed by atoms with Gasteiger partial charge in [0.05, 0.1) is 13.1 Å². The van der Waals surface area contributed by atoms with E-state index in [1.54, 1.807) is 6.07 Å². The van der Waals surface area contributed by atoms with Gasteiger partial charge in [0.1, 0.15) is 0 Å². The first-order valence-corrected chi connectivity index (χ1v) is 11.4. The Bertz CT molecular complexity index is 769. The van der Waals surface area contributed by atoms with Crippen LogP contribution in [0.4, 0.5) is 4.39 Å². The topological polar surface area (TPSA) is 71.4 Å². The number of hydrogen-bond acceptors (Lipinski definition) is 4. The Morgan fingerprint density at radius 2 is 1.84 bits per heavy atom. The number of aliphatic imine (C=N–C) groups is 1. The van der Waals surface area contributed by atoms with E-state index in [0.29, 0.717) is 30.5 Å². The molecule has 0 radical (unpaired) electrons. The van der Waals surface area contributed by atoms with Crippen molar-refractivity contribution in [2.45, 2.75) is 33.7 Å². The van der Waals surface area contributed by atoms with Crippen LogP contribution in [0.5, 0.6) is 5.75 Å². The van der Waals surface area contributed by atoms with Crippen molar-refractivity contribution in [2.75, 3.05) is 52.4 Å². The number of benzene rings is 1. The van der Waals surface area contributed by atoms with Gasteiger partial charge in [0.15, 0.2) is 17.5 Å². The maximum Gasteiger partial charge on any atom is 0.236 e. The summed E-state index contributed by atoms with van der Waals surface area (Å²) >= 11 is 0. The van der Waals surface area contributed by atoms with Crippen LogP contribution in [0.2, 0.25) is 0 Å². The van der Waals surface area contributed by atoms with E-state index in [0.717, 1.165) is 51.8 Å². The Hall–Kier alpha value is -2.35. The van der Waals surface area contributed by atoms with Crippen molar-refractivity contribution in [3.05, 3.63) is 29.6 Å². The first-order chi connectivity index (χ1) is 14.9. The molecule has 2 aliphatic rings. The van der Waals surface area contributed by atoms with Crippen molar-refractivity contribution in [3.63, 3.8) is 0 Å². The van der Waals surface area contributed by atoms with Gasteiger partial charge in [0.25, 0.3) is 0 Å². The highest BCUT2D eigenvalue weighted by Gasteiger charge is 2.28. The molecule has 0 spiro atoms. The average Bonchev–Trinajstić information content (AvgIpc) is 2.73. The van der Waals surface area contributed by atoms with Crippen LogP contribution in [0.25, 0.3) is 0 Å². The number of aromatic hydroxyl groups is 1. The number of carbonyl (C=O) groups excluding carboxylic acids is 1. The Kier molecular flexibility index (Phi) is 8.12. The van der Waals surface area contributed by atoms with Crippen molar-refractivity contribution < 1.29 is 14.3 Å². The number of hydrogen-bond donors (Lipinski definition) is 2. The minimum Gasteiger partial charge on any atom is -0.505 e. The molecule has 2 fully saturated rings. The van der Waals surface area contributed by atoms with Crippen LogP contribution in [0.15, 0.2) is 23.2 Å². The number of nitrogens with one attached hydrogen (secondary N) is 1. The van der Waals surface area contributed by atoms with E-state index in [9.17, 15) is 14.3 Å². The molecule has 0 aromatic heterocycles. The quantitative estimate of drug-likeness (QED) is 0.550. The molecule has 172 valence electrons. The molecule has 2 heterocycles. The average molecular weight is 434 g/mol. The zero-order chi connectivity index (χ0) is 22.4. The van der Waals surface area contributed by atoms with Gasteiger partial charge in [-0.15, -0.1) is 0 Å². The minimum atomic E-state index is -0.631. The monoisotopic (exact) mass is 433 g/mol. The fourth-order valence-corrected chi connectivity index (χ4v) is 4.52. The van der Waals surface area contributed by atoms with Crippen LogP contribution in [0.3, 0.4) is 0 Å². The molecular weight excluding hydrogens is 397 g/mol. The lowest BCUT2D eigenvalue weighted by Gasteiger charge is -2.39. The molecule has 7 nitrogen and oxygen atoms in total. The van der Waals surface area contributed by atoms with E-state index in [1.807, 2.05) is 11.8 Å². The summed E-state index contributed by atoms with van der Waals surface area (Å²) < 4.78 is 13.6. The third kappa shape index (κ3) is 6.56. The number of guanidine groups is 1. The van der Waals surface area contributed by atoms with E-state index < -0.39 is 5.82 Å². The van der Waals surface area contributed by atoms with Crippen molar-refractivity contribution >= 4 is 11.9 Å². The largest absolute Gasteiger partial charge is 0.505 e. The van der Waals surface area contributed by atoms with Gasteiger partial charge in [-0.2, -0.15) is 0 Å². The second kappa shape index (κ2) is 10.8. The van der Waals surface area contributed by atoms with Crippen molar-refractivity contribution in [1.29, 1.82) is 0 Å². The zero-order valence-corrected chi connectivity index (χ0v) is 19.0. The van der Waals surface area contributed by atoms with Crippen LogP contribution in [-0.4, -0.2) is 84.0 Å². The van der Waals surface area contributed by atoms with E-state index in [1.165, 1.54) is 18.6 Å². The molecule has 8 heteroatoms. The highest BCUT2D eigenvalue weighted by atomic mass is 19.1. The van der Waals surface area contributed by atoms with Crippen LogP contribution in [0.1, 0.15) is 32.8 Å². The number of halogens is 1. The summed E-state index contributed by atoms with van der Waals surface area (Å²) in [6.07, 6.45) is 1.20. The molecule has 2 N–H and O–H groups in total. The van der Waals surface area contributed by atoms with Crippen LogP contribution in [0, 0.1) is 17.7 Å². The first-order valence-electron chi connectivity index (χ1n) is 11.4. The molecule has 0 bridgehead atoms. The Balaban J connectivity index is 1.52. The van der Waals surface area contributed by atoms with E-state index in [4.69, 9.17) is 0 Å². The number of likely N-dealkylation sites (tertiary alicyclic amines) is 1. The Morgan fingerprint density at radius 1 is 1.16 bits per heavy atom. The van der Waals surface area contributed by atoms with Crippen molar-refractivity contribution in [3.8, 4) is 5.75 Å². The van der Waals surface area contributed by atoms with Crippen LogP contribution < -0.4 is 5.32 Å². The number of carbonyl (C=O) groups is 1. The smallest absolute Gasteiger partial charge is 0.236 e. The molecule has 1 amide bonds. The molecule has 0 aliphatic carbocycles. The van der Waals surface area contributed by atoms with Gasteiger partial charge in [0.2, 0.25) is 5.91 Å². The zero-order valence-electron chi connectivity index (χ0n) is 19.0. The van der Waals surface area contributed by atoms with Gasteiger partial charge in [-0.05, 0) is 42.9 Å².